The van der Waals surface area contributed by atoms with Gasteiger partial charge in [0, 0.05) is 29.7 Å². The highest BCUT2D eigenvalue weighted by molar-refractivity contribution is 6.30. The first-order chi connectivity index (χ1) is 9.17. The lowest BCUT2D eigenvalue weighted by Crippen LogP contribution is -2.50. The molecule has 1 fully saturated rings. The number of hydrogen-bond acceptors (Lipinski definition) is 2. The molecule has 19 heavy (non-hydrogen) atoms. The average molecular weight is 281 g/mol. The molecule has 2 nitrogen and oxygen atoms in total. The summed E-state index contributed by atoms with van der Waals surface area (Å²) in [5.74, 6) is 0. The number of nitrogens with two attached hydrogens (primary N) is 1. The van der Waals surface area contributed by atoms with E-state index in [4.69, 9.17) is 17.3 Å². The third kappa shape index (κ3) is 3.31. The number of piperidine rings is 1. The van der Waals surface area contributed by atoms with Crippen LogP contribution in [0.25, 0.3) is 0 Å². The second-order valence-corrected chi connectivity index (χ2v) is 6.03. The number of likely N-dealkylation sites (tertiary alicyclic amines) is 1. The first-order valence-corrected chi connectivity index (χ1v) is 7.78. The van der Waals surface area contributed by atoms with Crippen molar-refractivity contribution in [3.8, 4) is 0 Å². The molecule has 2 rings (SSSR count). The second kappa shape index (κ2) is 6.74. The van der Waals surface area contributed by atoms with Crippen LogP contribution in [0.3, 0.4) is 0 Å². The summed E-state index contributed by atoms with van der Waals surface area (Å²) in [6.45, 7) is 5.33. The largest absolute Gasteiger partial charge is 0.329 e. The van der Waals surface area contributed by atoms with Crippen molar-refractivity contribution >= 4 is 11.6 Å². The van der Waals surface area contributed by atoms with Crippen LogP contribution in [0.15, 0.2) is 24.3 Å². The molecule has 0 bridgehead atoms. The molecule has 0 spiro atoms. The fourth-order valence-corrected chi connectivity index (χ4v) is 3.64. The lowest BCUT2D eigenvalue weighted by atomic mass is 9.91. The van der Waals surface area contributed by atoms with E-state index in [9.17, 15) is 0 Å². The van der Waals surface area contributed by atoms with Gasteiger partial charge in [-0.25, -0.2) is 0 Å². The molecule has 1 heterocycles. The Balaban J connectivity index is 2.28. The van der Waals surface area contributed by atoms with Crippen LogP contribution in [-0.2, 0) is 0 Å². The quantitative estimate of drug-likeness (QED) is 0.903. The number of halogens is 1. The summed E-state index contributed by atoms with van der Waals surface area (Å²) in [7, 11) is 0. The molecule has 0 aliphatic carbocycles. The minimum Gasteiger partial charge on any atom is -0.329 e. The van der Waals surface area contributed by atoms with Crippen LogP contribution in [0.5, 0.6) is 0 Å². The number of benzene rings is 1. The zero-order valence-corrected chi connectivity index (χ0v) is 12.7. The Morgan fingerprint density at radius 3 is 2.84 bits per heavy atom. The van der Waals surface area contributed by atoms with E-state index in [1.54, 1.807) is 0 Å². The maximum Gasteiger partial charge on any atom is 0.0409 e. The molecule has 3 atom stereocenters. The van der Waals surface area contributed by atoms with Crippen molar-refractivity contribution in [3.63, 3.8) is 0 Å². The predicted octanol–water partition coefficient (Wildman–Crippen LogP) is 3.99. The molecule has 0 radical (unpaired) electrons. The van der Waals surface area contributed by atoms with E-state index in [0.29, 0.717) is 18.1 Å². The van der Waals surface area contributed by atoms with Gasteiger partial charge in [0.1, 0.15) is 0 Å². The maximum atomic E-state index is 6.15. The topological polar surface area (TPSA) is 29.3 Å². The van der Waals surface area contributed by atoms with E-state index < -0.39 is 0 Å². The molecule has 106 valence electrons. The van der Waals surface area contributed by atoms with Crippen molar-refractivity contribution in [1.29, 1.82) is 0 Å². The average Bonchev–Trinajstić information content (AvgIpc) is 2.41. The first-order valence-electron chi connectivity index (χ1n) is 7.40. The van der Waals surface area contributed by atoms with Crippen molar-refractivity contribution in [2.24, 2.45) is 5.73 Å². The van der Waals surface area contributed by atoms with Gasteiger partial charge in [0.25, 0.3) is 0 Å². The highest BCUT2D eigenvalue weighted by atomic mass is 35.5. The van der Waals surface area contributed by atoms with Crippen LogP contribution in [0.4, 0.5) is 0 Å². The molecule has 1 saturated heterocycles. The SMILES string of the molecule is CCC(c1cccc(Cl)c1)N1C(C)CCCC1CN. The summed E-state index contributed by atoms with van der Waals surface area (Å²) in [6, 6.07) is 9.82. The van der Waals surface area contributed by atoms with Gasteiger partial charge in [0.2, 0.25) is 0 Å². The molecule has 1 aromatic rings. The van der Waals surface area contributed by atoms with Gasteiger partial charge >= 0.3 is 0 Å². The zero-order chi connectivity index (χ0) is 13.8. The highest BCUT2D eigenvalue weighted by Gasteiger charge is 2.32. The lowest BCUT2D eigenvalue weighted by Gasteiger charge is -2.45. The molecule has 1 aromatic carbocycles. The fraction of sp³-hybridized carbons (Fsp3) is 0.625. The molecule has 0 aromatic heterocycles. The Bertz CT molecular complexity index is 407. The molecule has 2 N–H and O–H groups in total. The summed E-state index contributed by atoms with van der Waals surface area (Å²) in [5.41, 5.74) is 7.31. The van der Waals surface area contributed by atoms with Crippen molar-refractivity contribution in [2.45, 2.75) is 57.7 Å². The van der Waals surface area contributed by atoms with Gasteiger partial charge in [-0.15, -0.1) is 0 Å². The summed E-state index contributed by atoms with van der Waals surface area (Å²) < 4.78 is 0. The fourth-order valence-electron chi connectivity index (χ4n) is 3.44. The van der Waals surface area contributed by atoms with Crippen LogP contribution in [0.1, 0.15) is 51.1 Å². The van der Waals surface area contributed by atoms with Gasteiger partial charge in [-0.05, 0) is 43.9 Å². The van der Waals surface area contributed by atoms with Crippen LogP contribution in [0.2, 0.25) is 5.02 Å². The van der Waals surface area contributed by atoms with Crippen molar-refractivity contribution in [1.82, 2.24) is 4.90 Å². The monoisotopic (exact) mass is 280 g/mol. The van der Waals surface area contributed by atoms with Crippen molar-refractivity contribution in [2.75, 3.05) is 6.54 Å². The molecule has 1 aliphatic heterocycles. The van der Waals surface area contributed by atoms with Crippen LogP contribution >= 0.6 is 11.6 Å². The van der Waals surface area contributed by atoms with Gasteiger partial charge in [-0.2, -0.15) is 0 Å². The van der Waals surface area contributed by atoms with E-state index in [1.165, 1.54) is 24.8 Å². The van der Waals surface area contributed by atoms with E-state index in [1.807, 2.05) is 12.1 Å². The normalized spacial score (nSPS) is 26.3. The Labute approximate surface area is 121 Å². The number of hydrogen-bond donors (Lipinski definition) is 1. The molecule has 0 saturated carbocycles. The molecule has 3 unspecified atom stereocenters. The Hall–Kier alpha value is -0.570. The zero-order valence-electron chi connectivity index (χ0n) is 12.0. The second-order valence-electron chi connectivity index (χ2n) is 5.60. The van der Waals surface area contributed by atoms with E-state index >= 15 is 0 Å². The summed E-state index contributed by atoms with van der Waals surface area (Å²) in [6.07, 6.45) is 4.89. The van der Waals surface area contributed by atoms with E-state index in [-0.39, 0.29) is 0 Å². The Morgan fingerprint density at radius 2 is 2.21 bits per heavy atom. The Morgan fingerprint density at radius 1 is 1.42 bits per heavy atom. The summed E-state index contributed by atoms with van der Waals surface area (Å²) >= 11 is 6.15. The lowest BCUT2D eigenvalue weighted by molar-refractivity contribution is 0.0472. The van der Waals surface area contributed by atoms with Gasteiger partial charge in [-0.3, -0.25) is 4.90 Å². The predicted molar refractivity (Wildman–Crippen MR) is 82.5 cm³/mol. The minimum atomic E-state index is 0.433. The molecular weight excluding hydrogens is 256 g/mol. The summed E-state index contributed by atoms with van der Waals surface area (Å²) in [5, 5.41) is 0.824. The van der Waals surface area contributed by atoms with E-state index in [2.05, 4.69) is 30.9 Å². The van der Waals surface area contributed by atoms with Gasteiger partial charge in [-0.1, -0.05) is 37.1 Å². The third-order valence-corrected chi connectivity index (χ3v) is 4.58. The van der Waals surface area contributed by atoms with Gasteiger partial charge < -0.3 is 5.73 Å². The van der Waals surface area contributed by atoms with E-state index in [0.717, 1.165) is 18.0 Å². The summed E-state index contributed by atoms with van der Waals surface area (Å²) in [4.78, 5) is 2.62. The maximum absolute atomic E-state index is 6.15. The molecular formula is C16H25ClN2. The van der Waals surface area contributed by atoms with Crippen LogP contribution in [0, 0.1) is 0 Å². The number of nitrogens with zero attached hydrogens (tertiary/aromatic N) is 1. The van der Waals surface area contributed by atoms with Crippen LogP contribution < -0.4 is 5.73 Å². The molecule has 1 aliphatic rings. The Kier molecular flexibility index (Phi) is 5.26. The van der Waals surface area contributed by atoms with Crippen molar-refractivity contribution in [3.05, 3.63) is 34.9 Å². The number of rotatable bonds is 4. The smallest absolute Gasteiger partial charge is 0.0409 e. The first kappa shape index (κ1) is 14.8. The molecule has 3 heteroatoms. The molecule has 0 amide bonds. The van der Waals surface area contributed by atoms with Crippen LogP contribution in [-0.4, -0.2) is 23.5 Å². The van der Waals surface area contributed by atoms with Gasteiger partial charge in [0.05, 0.1) is 0 Å². The van der Waals surface area contributed by atoms with Gasteiger partial charge in [0.15, 0.2) is 0 Å². The minimum absolute atomic E-state index is 0.433. The van der Waals surface area contributed by atoms with Crippen molar-refractivity contribution < 1.29 is 0 Å². The third-order valence-electron chi connectivity index (χ3n) is 4.34. The standard InChI is InChI=1S/C16H25ClN2/c1-3-16(13-7-5-8-14(17)10-13)19-12(2)6-4-9-15(19)11-18/h5,7-8,10,12,15-16H,3-4,6,9,11,18H2,1-2H3. The highest BCUT2D eigenvalue weighted by Crippen LogP contribution is 2.34.